The van der Waals surface area contributed by atoms with Gasteiger partial charge in [-0.15, -0.1) is 0 Å². The van der Waals surface area contributed by atoms with Crippen LogP contribution in [0.5, 0.6) is 5.75 Å². The third-order valence-electron chi connectivity index (χ3n) is 5.52. The van der Waals surface area contributed by atoms with E-state index in [1.54, 1.807) is 0 Å². The number of nitrogens with zero attached hydrogens (tertiary/aromatic N) is 2. The predicted octanol–water partition coefficient (Wildman–Crippen LogP) is 5.29. The van der Waals surface area contributed by atoms with Gasteiger partial charge < -0.3 is 9.64 Å². The summed E-state index contributed by atoms with van der Waals surface area (Å²) in [5.41, 5.74) is 4.33. The molecule has 0 aromatic heterocycles. The molecule has 31 heavy (non-hydrogen) atoms. The molecular formula is C26H27BrN2O2. The van der Waals surface area contributed by atoms with Crippen molar-refractivity contribution in [1.82, 2.24) is 9.80 Å². The maximum absolute atomic E-state index is 13.0. The Morgan fingerprint density at radius 1 is 0.903 bits per heavy atom. The van der Waals surface area contributed by atoms with Gasteiger partial charge in [0.15, 0.2) is 0 Å². The van der Waals surface area contributed by atoms with Gasteiger partial charge in [0.2, 0.25) is 0 Å². The van der Waals surface area contributed by atoms with Crippen LogP contribution < -0.4 is 4.74 Å². The quantitative estimate of drug-likeness (QED) is 0.482. The number of amides is 1. The zero-order valence-corrected chi connectivity index (χ0v) is 19.3. The van der Waals surface area contributed by atoms with Gasteiger partial charge in [-0.1, -0.05) is 64.0 Å². The van der Waals surface area contributed by atoms with Crippen molar-refractivity contribution >= 4 is 21.8 Å². The van der Waals surface area contributed by atoms with E-state index in [1.165, 1.54) is 11.1 Å². The van der Waals surface area contributed by atoms with Gasteiger partial charge in [0.25, 0.3) is 5.91 Å². The maximum Gasteiger partial charge on any atom is 0.253 e. The summed E-state index contributed by atoms with van der Waals surface area (Å²) in [5, 5.41) is 0. The molecule has 0 unspecified atom stereocenters. The normalized spacial score (nSPS) is 14.5. The smallest absolute Gasteiger partial charge is 0.253 e. The van der Waals surface area contributed by atoms with Gasteiger partial charge >= 0.3 is 0 Å². The molecule has 1 fully saturated rings. The lowest BCUT2D eigenvalue weighted by atomic mass is 10.1. The number of hydrogen-bond acceptors (Lipinski definition) is 3. The summed E-state index contributed by atoms with van der Waals surface area (Å²) in [7, 11) is 0. The van der Waals surface area contributed by atoms with Gasteiger partial charge in [-0.3, -0.25) is 9.69 Å². The highest BCUT2D eigenvalue weighted by Crippen LogP contribution is 2.20. The van der Waals surface area contributed by atoms with Crippen LogP contribution in [0.15, 0.2) is 77.3 Å². The first-order valence-electron chi connectivity index (χ1n) is 10.6. The number of benzene rings is 3. The summed E-state index contributed by atoms with van der Waals surface area (Å²) < 4.78 is 6.85. The Morgan fingerprint density at radius 3 is 2.42 bits per heavy atom. The van der Waals surface area contributed by atoms with Gasteiger partial charge in [-0.05, 0) is 48.4 Å². The van der Waals surface area contributed by atoms with Crippen molar-refractivity contribution in [3.8, 4) is 5.75 Å². The lowest BCUT2D eigenvalue weighted by molar-refractivity contribution is 0.0628. The van der Waals surface area contributed by atoms with Crippen LogP contribution in [0.2, 0.25) is 0 Å². The first-order chi connectivity index (χ1) is 15.1. The van der Waals surface area contributed by atoms with Crippen molar-refractivity contribution in [2.24, 2.45) is 0 Å². The summed E-state index contributed by atoms with van der Waals surface area (Å²) in [6.07, 6.45) is 0. The zero-order valence-electron chi connectivity index (χ0n) is 17.8. The molecule has 160 valence electrons. The second-order valence-electron chi connectivity index (χ2n) is 8.00. The van der Waals surface area contributed by atoms with Crippen molar-refractivity contribution in [3.63, 3.8) is 0 Å². The van der Waals surface area contributed by atoms with Gasteiger partial charge in [0.1, 0.15) is 12.4 Å². The van der Waals surface area contributed by atoms with Crippen molar-refractivity contribution < 1.29 is 9.53 Å². The van der Waals surface area contributed by atoms with Gasteiger partial charge in [0, 0.05) is 42.8 Å². The van der Waals surface area contributed by atoms with Crippen LogP contribution in [0.25, 0.3) is 0 Å². The second-order valence-corrected chi connectivity index (χ2v) is 8.92. The highest BCUT2D eigenvalue weighted by Gasteiger charge is 2.22. The molecule has 3 aromatic rings. The summed E-state index contributed by atoms with van der Waals surface area (Å²) >= 11 is 3.46. The number of rotatable bonds is 6. The van der Waals surface area contributed by atoms with Gasteiger partial charge in [-0.2, -0.15) is 0 Å². The molecule has 0 aliphatic carbocycles. The number of ether oxygens (including phenoxy) is 1. The van der Waals surface area contributed by atoms with E-state index in [1.807, 2.05) is 53.4 Å². The highest BCUT2D eigenvalue weighted by atomic mass is 79.9. The zero-order chi connectivity index (χ0) is 21.6. The SMILES string of the molecule is Cc1cccc(CN2CCN(C(=O)c3cccc(COc4cccc(Br)c4)c3)CC2)c1. The number of piperazine rings is 1. The predicted molar refractivity (Wildman–Crippen MR) is 127 cm³/mol. The van der Waals surface area contributed by atoms with E-state index < -0.39 is 0 Å². The van der Waals surface area contributed by atoms with E-state index >= 15 is 0 Å². The fraction of sp³-hybridized carbons (Fsp3) is 0.269. The molecule has 0 atom stereocenters. The van der Waals surface area contributed by atoms with Crippen LogP contribution in [-0.4, -0.2) is 41.9 Å². The van der Waals surface area contributed by atoms with Crippen LogP contribution in [-0.2, 0) is 13.2 Å². The molecule has 1 saturated heterocycles. The van der Waals surface area contributed by atoms with E-state index in [2.05, 4.69) is 52.0 Å². The summed E-state index contributed by atoms with van der Waals surface area (Å²) in [5.74, 6) is 0.898. The van der Waals surface area contributed by atoms with Crippen LogP contribution in [0.1, 0.15) is 27.0 Å². The third-order valence-corrected chi connectivity index (χ3v) is 6.02. The van der Waals surface area contributed by atoms with E-state index in [4.69, 9.17) is 4.74 Å². The molecule has 5 heteroatoms. The van der Waals surface area contributed by atoms with Crippen molar-refractivity contribution in [3.05, 3.63) is 99.5 Å². The molecule has 1 heterocycles. The minimum Gasteiger partial charge on any atom is -0.489 e. The first-order valence-corrected chi connectivity index (χ1v) is 11.4. The van der Waals surface area contributed by atoms with Gasteiger partial charge in [-0.25, -0.2) is 0 Å². The van der Waals surface area contributed by atoms with Crippen molar-refractivity contribution in [2.75, 3.05) is 26.2 Å². The van der Waals surface area contributed by atoms with Crippen molar-refractivity contribution in [2.45, 2.75) is 20.1 Å². The molecule has 0 spiro atoms. The summed E-state index contributed by atoms with van der Waals surface area (Å²) in [6.45, 7) is 6.79. The Balaban J connectivity index is 1.32. The summed E-state index contributed by atoms with van der Waals surface area (Å²) in [4.78, 5) is 17.4. The minimum atomic E-state index is 0.0968. The Kier molecular flexibility index (Phi) is 7.05. The standard InChI is InChI=1S/C26H27BrN2O2/c1-20-5-2-6-21(15-20)18-28-11-13-29(14-12-28)26(30)23-8-3-7-22(16-23)19-31-25-10-4-9-24(27)17-25/h2-10,15-17H,11-14,18-19H2,1H3. The van der Waals surface area contributed by atoms with Crippen molar-refractivity contribution in [1.29, 1.82) is 0 Å². The van der Waals surface area contributed by atoms with Crippen LogP contribution in [0.4, 0.5) is 0 Å². The fourth-order valence-corrected chi connectivity index (χ4v) is 4.26. The highest BCUT2D eigenvalue weighted by molar-refractivity contribution is 9.10. The molecule has 0 N–H and O–H groups in total. The van der Waals surface area contributed by atoms with Crippen LogP contribution >= 0.6 is 15.9 Å². The van der Waals surface area contributed by atoms with E-state index in [9.17, 15) is 4.79 Å². The Labute approximate surface area is 192 Å². The lowest BCUT2D eigenvalue weighted by Crippen LogP contribution is -2.48. The number of carbonyl (C=O) groups excluding carboxylic acids is 1. The molecule has 0 radical (unpaired) electrons. The molecule has 4 rings (SSSR count). The molecule has 0 saturated carbocycles. The lowest BCUT2D eigenvalue weighted by Gasteiger charge is -2.35. The maximum atomic E-state index is 13.0. The average molecular weight is 479 g/mol. The largest absolute Gasteiger partial charge is 0.489 e. The topological polar surface area (TPSA) is 32.8 Å². The summed E-state index contributed by atoms with van der Waals surface area (Å²) in [6, 6.07) is 24.2. The number of halogens is 1. The molecule has 1 amide bonds. The van der Waals surface area contributed by atoms with Crippen LogP contribution in [0.3, 0.4) is 0 Å². The number of hydrogen-bond donors (Lipinski definition) is 0. The average Bonchev–Trinajstić information content (AvgIpc) is 2.78. The monoisotopic (exact) mass is 478 g/mol. The van der Waals surface area contributed by atoms with Crippen LogP contribution in [0, 0.1) is 6.92 Å². The second kappa shape index (κ2) is 10.1. The molecule has 3 aromatic carbocycles. The first kappa shape index (κ1) is 21.6. The molecular weight excluding hydrogens is 452 g/mol. The molecule has 1 aliphatic rings. The fourth-order valence-electron chi connectivity index (χ4n) is 3.88. The minimum absolute atomic E-state index is 0.0968. The van der Waals surface area contributed by atoms with E-state index in [-0.39, 0.29) is 5.91 Å². The Morgan fingerprint density at radius 2 is 1.65 bits per heavy atom. The third kappa shape index (κ3) is 5.96. The Bertz CT molecular complexity index is 1040. The van der Waals surface area contributed by atoms with Gasteiger partial charge in [0.05, 0.1) is 0 Å². The number of aryl methyl sites for hydroxylation is 1. The Hall–Kier alpha value is -2.63. The van der Waals surface area contributed by atoms with E-state index in [0.29, 0.717) is 6.61 Å². The molecule has 0 bridgehead atoms. The molecule has 1 aliphatic heterocycles. The molecule has 4 nitrogen and oxygen atoms in total. The number of carbonyl (C=O) groups is 1. The van der Waals surface area contributed by atoms with E-state index in [0.717, 1.165) is 54.1 Å².